The highest BCUT2D eigenvalue weighted by Crippen LogP contribution is 2.24. The number of carbonyl (C=O) groups excluding carboxylic acids is 1. The molecule has 0 saturated carbocycles. The molecule has 138 valence electrons. The molecule has 27 heavy (non-hydrogen) atoms. The van der Waals surface area contributed by atoms with E-state index in [1.54, 1.807) is 24.3 Å². The van der Waals surface area contributed by atoms with Crippen LogP contribution >= 0.6 is 11.6 Å². The Morgan fingerprint density at radius 1 is 1.26 bits per heavy atom. The molecular formula is C20H17ClN2O4. The summed E-state index contributed by atoms with van der Waals surface area (Å²) in [4.78, 5) is 12.5. The van der Waals surface area contributed by atoms with Crippen molar-refractivity contribution in [1.29, 1.82) is 10.5 Å². The summed E-state index contributed by atoms with van der Waals surface area (Å²) in [6.07, 6.45) is 4.08. The second-order valence-corrected chi connectivity index (χ2v) is 6.64. The van der Waals surface area contributed by atoms with E-state index in [-0.39, 0.29) is 24.4 Å². The summed E-state index contributed by atoms with van der Waals surface area (Å²) in [6.45, 7) is 1.05. The molecule has 7 heteroatoms. The molecule has 2 atom stereocenters. The lowest BCUT2D eigenvalue weighted by Crippen LogP contribution is -2.41. The number of ketones is 1. The number of aliphatic hydroxyl groups is 2. The van der Waals surface area contributed by atoms with Gasteiger partial charge in [-0.1, -0.05) is 6.08 Å². The van der Waals surface area contributed by atoms with Gasteiger partial charge in [0, 0.05) is 6.42 Å². The van der Waals surface area contributed by atoms with Gasteiger partial charge in [0.15, 0.2) is 11.4 Å². The van der Waals surface area contributed by atoms with Crippen LogP contribution in [0, 0.1) is 22.7 Å². The molecule has 2 N–H and O–H groups in total. The van der Waals surface area contributed by atoms with Gasteiger partial charge in [-0.3, -0.25) is 4.79 Å². The normalized spacial score (nSPS) is 18.6. The number of rotatable bonds is 6. The highest BCUT2D eigenvalue weighted by molar-refractivity contribution is 6.24. The number of benzene rings is 1. The summed E-state index contributed by atoms with van der Waals surface area (Å²) in [5, 5.41) is 37.1. The first-order chi connectivity index (χ1) is 12.8. The summed E-state index contributed by atoms with van der Waals surface area (Å²) in [7, 11) is 0. The smallest absolute Gasteiger partial charge is 0.171 e. The fourth-order valence-corrected chi connectivity index (χ4v) is 2.45. The third-order valence-electron chi connectivity index (χ3n) is 3.94. The quantitative estimate of drug-likeness (QED) is 0.728. The Morgan fingerprint density at radius 3 is 2.52 bits per heavy atom. The fourth-order valence-electron chi connectivity index (χ4n) is 2.26. The van der Waals surface area contributed by atoms with Crippen LogP contribution in [0.3, 0.4) is 0 Å². The van der Waals surface area contributed by atoms with Gasteiger partial charge in [0.05, 0.1) is 23.3 Å². The molecule has 0 amide bonds. The number of nitriles is 2. The minimum atomic E-state index is -1.77. The maximum Gasteiger partial charge on any atom is 0.171 e. The van der Waals surface area contributed by atoms with Crippen molar-refractivity contribution >= 4 is 17.4 Å². The van der Waals surface area contributed by atoms with Gasteiger partial charge >= 0.3 is 0 Å². The molecular weight excluding hydrogens is 368 g/mol. The van der Waals surface area contributed by atoms with Crippen molar-refractivity contribution < 1.29 is 19.7 Å². The van der Waals surface area contributed by atoms with E-state index in [4.69, 9.17) is 26.9 Å². The zero-order valence-electron chi connectivity index (χ0n) is 14.5. The molecule has 1 aromatic rings. The summed E-state index contributed by atoms with van der Waals surface area (Å²) in [5.41, 5.74) is -0.734. The third kappa shape index (κ3) is 5.21. The molecule has 0 fully saturated rings. The van der Waals surface area contributed by atoms with Gasteiger partial charge in [-0.15, -0.1) is 11.6 Å². The van der Waals surface area contributed by atoms with Gasteiger partial charge in [-0.25, -0.2) is 0 Å². The largest absolute Gasteiger partial charge is 0.510 e. The van der Waals surface area contributed by atoms with Crippen molar-refractivity contribution in [3.8, 4) is 17.9 Å². The van der Waals surface area contributed by atoms with Crippen LogP contribution < -0.4 is 4.74 Å². The van der Waals surface area contributed by atoms with Crippen LogP contribution in [0.25, 0.3) is 0 Å². The number of allylic oxidation sites excluding steroid dienone is 5. The molecule has 1 aromatic carbocycles. The van der Waals surface area contributed by atoms with E-state index in [0.717, 1.165) is 0 Å². The average Bonchev–Trinajstić information content (AvgIpc) is 2.79. The Labute approximate surface area is 161 Å². The Bertz CT molecular complexity index is 899. The van der Waals surface area contributed by atoms with Crippen LogP contribution in [-0.4, -0.2) is 33.6 Å². The van der Waals surface area contributed by atoms with Crippen LogP contribution in [0.2, 0.25) is 0 Å². The topological polar surface area (TPSA) is 114 Å². The van der Waals surface area contributed by atoms with E-state index < -0.39 is 16.8 Å². The molecule has 6 nitrogen and oxygen atoms in total. The number of alkyl halides is 1. The number of halogens is 1. The molecule has 1 unspecified atom stereocenters. The highest BCUT2D eigenvalue weighted by Gasteiger charge is 2.31. The number of nitrogens with zero attached hydrogens (tertiary/aromatic N) is 2. The van der Waals surface area contributed by atoms with Crippen LogP contribution in [-0.2, 0) is 4.79 Å². The number of hydrogen-bond acceptors (Lipinski definition) is 6. The van der Waals surface area contributed by atoms with Gasteiger partial charge in [0.25, 0.3) is 0 Å². The summed E-state index contributed by atoms with van der Waals surface area (Å²) in [6, 6.07) is 10.1. The predicted molar refractivity (Wildman–Crippen MR) is 99.0 cm³/mol. The van der Waals surface area contributed by atoms with Gasteiger partial charge in [-0.05, 0) is 48.9 Å². The Kier molecular flexibility index (Phi) is 6.41. The summed E-state index contributed by atoms with van der Waals surface area (Å²) < 4.78 is 5.44. The molecule has 1 aliphatic rings. The number of ether oxygens (including phenoxy) is 1. The van der Waals surface area contributed by atoms with Crippen molar-refractivity contribution in [3.05, 3.63) is 65.0 Å². The Balaban J connectivity index is 2.05. The number of Topliss-reactive ketones (excluding diaryl/α,β-unsaturated/α-hetero) is 1. The van der Waals surface area contributed by atoms with E-state index in [0.29, 0.717) is 16.9 Å². The first-order valence-corrected chi connectivity index (χ1v) is 8.44. The van der Waals surface area contributed by atoms with Crippen molar-refractivity contribution in [2.45, 2.75) is 24.3 Å². The third-order valence-corrected chi connectivity index (χ3v) is 4.40. The molecule has 0 bridgehead atoms. The average molecular weight is 385 g/mol. The molecule has 0 heterocycles. The second-order valence-electron chi connectivity index (χ2n) is 6.21. The second kappa shape index (κ2) is 8.55. The predicted octanol–water partition coefficient (Wildman–Crippen LogP) is 3.09. The van der Waals surface area contributed by atoms with Gasteiger partial charge in [0.1, 0.15) is 23.5 Å². The van der Waals surface area contributed by atoms with Crippen molar-refractivity contribution in [3.63, 3.8) is 0 Å². The van der Waals surface area contributed by atoms with Crippen LogP contribution in [0.1, 0.15) is 18.9 Å². The first-order valence-electron chi connectivity index (χ1n) is 8.01. The summed E-state index contributed by atoms with van der Waals surface area (Å²) in [5.74, 6) is -0.347. The van der Waals surface area contributed by atoms with Crippen molar-refractivity contribution in [2.24, 2.45) is 0 Å². The first kappa shape index (κ1) is 20.3. The van der Waals surface area contributed by atoms with E-state index >= 15 is 0 Å². The molecule has 0 saturated heterocycles. The molecule has 0 radical (unpaired) electrons. The van der Waals surface area contributed by atoms with Crippen LogP contribution in [0.15, 0.2) is 59.4 Å². The van der Waals surface area contributed by atoms with Gasteiger partial charge < -0.3 is 14.9 Å². The van der Waals surface area contributed by atoms with Crippen LogP contribution in [0.4, 0.5) is 0 Å². The van der Waals surface area contributed by atoms with E-state index in [2.05, 4.69) is 0 Å². The fraction of sp³-hybridized carbons (Fsp3) is 0.250. The Morgan fingerprint density at radius 2 is 1.93 bits per heavy atom. The maximum absolute atomic E-state index is 12.5. The van der Waals surface area contributed by atoms with E-state index in [1.165, 1.54) is 25.2 Å². The lowest BCUT2D eigenvalue weighted by molar-refractivity contribution is -0.137. The van der Waals surface area contributed by atoms with E-state index in [9.17, 15) is 15.0 Å². The lowest BCUT2D eigenvalue weighted by atomic mass is 9.95. The molecule has 1 aliphatic carbocycles. The molecule has 0 spiro atoms. The number of carbonyl (C=O) groups is 1. The maximum atomic E-state index is 12.5. The molecule has 0 aromatic heterocycles. The van der Waals surface area contributed by atoms with Gasteiger partial charge in [-0.2, -0.15) is 10.5 Å². The monoisotopic (exact) mass is 384 g/mol. The minimum Gasteiger partial charge on any atom is -0.510 e. The number of aliphatic hydroxyl groups excluding tert-OH is 1. The summed E-state index contributed by atoms with van der Waals surface area (Å²) >= 11 is 5.95. The SMILES string of the molecule is C[C@](O)(COc1ccc(C#N)cc1)C(=O)CC1=CC=C(C#N)C(Cl)C(O)=C1. The van der Waals surface area contributed by atoms with Gasteiger partial charge in [0.2, 0.25) is 0 Å². The standard InChI is InChI=1S/C20H17ClN2O4/c1-20(26,12-27-16-6-3-13(10-22)4-7-16)18(25)9-14-2-5-15(11-23)19(21)17(24)8-14/h2-8,19,24,26H,9,12H2,1H3/t19?,20-/m0/s1. The zero-order chi connectivity index (χ0) is 20.0. The van der Waals surface area contributed by atoms with Crippen molar-refractivity contribution in [2.75, 3.05) is 6.61 Å². The lowest BCUT2D eigenvalue weighted by Gasteiger charge is -2.22. The minimum absolute atomic E-state index is 0.156. The highest BCUT2D eigenvalue weighted by atomic mass is 35.5. The number of hydrogen-bond donors (Lipinski definition) is 2. The molecule has 2 rings (SSSR count). The van der Waals surface area contributed by atoms with Crippen molar-refractivity contribution in [1.82, 2.24) is 0 Å². The Hall–Kier alpha value is -3.06. The van der Waals surface area contributed by atoms with Crippen LogP contribution in [0.5, 0.6) is 5.75 Å². The zero-order valence-corrected chi connectivity index (χ0v) is 15.3. The van der Waals surface area contributed by atoms with E-state index in [1.807, 2.05) is 12.1 Å². The molecule has 0 aliphatic heterocycles.